The van der Waals surface area contributed by atoms with Crippen molar-refractivity contribution in [3.05, 3.63) is 60.8 Å². The molecule has 0 aliphatic heterocycles. The Morgan fingerprint density at radius 3 is 0.820 bits per heavy atom. The Balaban J connectivity index is 5.32. The zero-order chi connectivity index (χ0) is 73.2. The van der Waals surface area contributed by atoms with Crippen molar-refractivity contribution in [3.8, 4) is 0 Å². The van der Waals surface area contributed by atoms with Crippen LogP contribution in [0.1, 0.15) is 374 Å². The molecule has 100 heavy (non-hydrogen) atoms. The number of unbranched alkanes of at least 4 members (excludes halogenated alkanes) is 41. The summed E-state index contributed by atoms with van der Waals surface area (Å²) in [6.45, 7) is 4.80. The minimum absolute atomic E-state index is 0.0878. The number of ether oxygens (including phenoxy) is 4. The molecule has 0 saturated heterocycles. The molecule has 0 aromatic heterocycles. The molecule has 19 heteroatoms. The van der Waals surface area contributed by atoms with E-state index in [4.69, 9.17) is 37.0 Å². The minimum Gasteiger partial charge on any atom is -0.462 e. The Hall–Kier alpha value is -3.24. The number of phosphoric ester groups is 2. The lowest BCUT2D eigenvalue weighted by Gasteiger charge is -2.21. The molecule has 3 N–H and O–H groups in total. The number of esters is 4. The molecule has 5 atom stereocenters. The summed E-state index contributed by atoms with van der Waals surface area (Å²) in [4.78, 5) is 73.0. The highest BCUT2D eigenvalue weighted by atomic mass is 31.2. The molecule has 0 heterocycles. The maximum Gasteiger partial charge on any atom is 0.472 e. The maximum absolute atomic E-state index is 13.1. The van der Waals surface area contributed by atoms with Crippen molar-refractivity contribution in [2.24, 2.45) is 0 Å². The number of phosphoric acid groups is 2. The number of rotatable bonds is 77. The maximum atomic E-state index is 13.1. The zero-order valence-corrected chi connectivity index (χ0v) is 65.7. The summed E-state index contributed by atoms with van der Waals surface area (Å²) in [5.74, 6) is -2.17. The summed E-state index contributed by atoms with van der Waals surface area (Å²) in [5, 5.41) is 10.6. The van der Waals surface area contributed by atoms with Gasteiger partial charge >= 0.3 is 39.5 Å². The molecule has 0 spiro atoms. The third-order valence-electron chi connectivity index (χ3n) is 17.5. The summed E-state index contributed by atoms with van der Waals surface area (Å²) < 4.78 is 68.6. The van der Waals surface area contributed by atoms with Gasteiger partial charge in [0.2, 0.25) is 0 Å². The van der Waals surface area contributed by atoms with E-state index < -0.39 is 97.5 Å². The largest absolute Gasteiger partial charge is 0.472 e. The average Bonchev–Trinajstić information content (AvgIpc) is 1.06. The van der Waals surface area contributed by atoms with E-state index in [1.165, 1.54) is 128 Å². The van der Waals surface area contributed by atoms with Crippen molar-refractivity contribution >= 4 is 39.5 Å². The third-order valence-corrected chi connectivity index (χ3v) is 19.4. The van der Waals surface area contributed by atoms with E-state index in [1.807, 2.05) is 0 Å². The Bertz CT molecular complexity index is 2130. The molecule has 17 nitrogen and oxygen atoms in total. The van der Waals surface area contributed by atoms with Crippen LogP contribution >= 0.6 is 15.6 Å². The first-order chi connectivity index (χ1) is 48.7. The van der Waals surface area contributed by atoms with Gasteiger partial charge in [0.1, 0.15) is 19.3 Å². The first kappa shape index (κ1) is 96.8. The van der Waals surface area contributed by atoms with Crippen LogP contribution in [0.25, 0.3) is 0 Å². The van der Waals surface area contributed by atoms with Crippen molar-refractivity contribution in [2.75, 3.05) is 39.6 Å². The average molecular weight is 1460 g/mol. The fourth-order valence-corrected chi connectivity index (χ4v) is 12.9. The predicted molar refractivity (Wildman–Crippen MR) is 409 cm³/mol. The van der Waals surface area contributed by atoms with Gasteiger partial charge in [-0.15, -0.1) is 0 Å². The normalized spacial score (nSPS) is 14.2. The second-order valence-electron chi connectivity index (χ2n) is 27.3. The lowest BCUT2D eigenvalue weighted by atomic mass is 10.0. The lowest BCUT2D eigenvalue weighted by molar-refractivity contribution is -0.161. The molecule has 0 aromatic rings. The van der Waals surface area contributed by atoms with E-state index in [2.05, 4.69) is 88.5 Å². The standard InChI is InChI=1S/C81H148O17P2/c1-5-9-13-17-21-25-29-33-36-37-40-43-46-50-54-58-62-66-79(84)92-72-77(98-81(86)68-64-60-56-52-48-44-39-35-31-27-23-19-15-11-7-3)74-96-100(89,90)94-70-75(82)69-93-99(87,88)95-73-76(97-80(85)67-63-59-55-51-47-41-32-28-24-20-16-12-8-4)71-91-78(83)65-61-57-53-49-45-42-38-34-30-26-22-18-14-10-6-2/h9,13,21,25,28,32-34,36,38,75-77,82H,5-8,10-12,14-20,22-24,26-27,29-31,35,37,39-74H2,1-4H3,(H,87,88)(H,89,90)/b13-9-,25-21-,32-28-,36-33-,38-34-. The van der Waals surface area contributed by atoms with Gasteiger partial charge in [0.15, 0.2) is 12.2 Å². The molecule has 0 rings (SSSR count). The van der Waals surface area contributed by atoms with E-state index in [0.717, 1.165) is 167 Å². The summed E-state index contributed by atoms with van der Waals surface area (Å²) in [6.07, 6.45) is 73.3. The molecule has 0 radical (unpaired) electrons. The highest BCUT2D eigenvalue weighted by molar-refractivity contribution is 7.47. The van der Waals surface area contributed by atoms with Crippen molar-refractivity contribution in [1.29, 1.82) is 0 Å². The summed E-state index contributed by atoms with van der Waals surface area (Å²) in [6, 6.07) is 0. The van der Waals surface area contributed by atoms with Crippen molar-refractivity contribution in [1.82, 2.24) is 0 Å². The Kier molecular flexibility index (Phi) is 71.6. The number of hydrogen-bond acceptors (Lipinski definition) is 15. The molecule has 0 bridgehead atoms. The Morgan fingerprint density at radius 2 is 0.520 bits per heavy atom. The van der Waals surface area contributed by atoms with Gasteiger partial charge in [-0.1, -0.05) is 300 Å². The molecule has 0 aromatic carbocycles. The van der Waals surface area contributed by atoms with Gasteiger partial charge in [0, 0.05) is 25.7 Å². The minimum atomic E-state index is -4.97. The number of carbonyl (C=O) groups is 4. The van der Waals surface area contributed by atoms with E-state index in [9.17, 15) is 43.2 Å². The van der Waals surface area contributed by atoms with Gasteiger partial charge in [0.25, 0.3) is 0 Å². The fourth-order valence-electron chi connectivity index (χ4n) is 11.3. The summed E-state index contributed by atoms with van der Waals surface area (Å²) >= 11 is 0. The van der Waals surface area contributed by atoms with Gasteiger partial charge < -0.3 is 33.8 Å². The van der Waals surface area contributed by atoms with Crippen LogP contribution in [-0.4, -0.2) is 96.7 Å². The molecule has 0 amide bonds. The van der Waals surface area contributed by atoms with E-state index >= 15 is 0 Å². The van der Waals surface area contributed by atoms with Crippen molar-refractivity contribution in [2.45, 2.75) is 393 Å². The number of aliphatic hydroxyl groups excluding tert-OH is 1. The van der Waals surface area contributed by atoms with Crippen LogP contribution in [-0.2, 0) is 65.4 Å². The number of hydrogen-bond donors (Lipinski definition) is 3. The van der Waals surface area contributed by atoms with Crippen LogP contribution in [0.3, 0.4) is 0 Å². The lowest BCUT2D eigenvalue weighted by Crippen LogP contribution is -2.30. The summed E-state index contributed by atoms with van der Waals surface area (Å²) in [5.41, 5.74) is 0. The highest BCUT2D eigenvalue weighted by Gasteiger charge is 2.30. The van der Waals surface area contributed by atoms with E-state index in [0.29, 0.717) is 25.7 Å². The van der Waals surface area contributed by atoms with Crippen LogP contribution in [0.5, 0.6) is 0 Å². The molecule has 0 fully saturated rings. The van der Waals surface area contributed by atoms with E-state index in [1.54, 1.807) is 0 Å². The Morgan fingerprint density at radius 1 is 0.290 bits per heavy atom. The number of allylic oxidation sites excluding steroid dienone is 10. The van der Waals surface area contributed by atoms with Crippen LogP contribution in [0, 0.1) is 0 Å². The van der Waals surface area contributed by atoms with Crippen molar-refractivity contribution in [3.63, 3.8) is 0 Å². The molecular weight excluding hydrogens is 1310 g/mol. The van der Waals surface area contributed by atoms with Crippen LogP contribution in [0.4, 0.5) is 0 Å². The molecule has 0 aliphatic carbocycles. The fraction of sp³-hybridized carbons (Fsp3) is 0.827. The van der Waals surface area contributed by atoms with Gasteiger partial charge in [-0.25, -0.2) is 9.13 Å². The highest BCUT2D eigenvalue weighted by Crippen LogP contribution is 2.45. The van der Waals surface area contributed by atoms with Crippen LogP contribution < -0.4 is 0 Å². The van der Waals surface area contributed by atoms with Gasteiger partial charge in [-0.3, -0.25) is 37.3 Å². The smallest absolute Gasteiger partial charge is 0.462 e. The summed E-state index contributed by atoms with van der Waals surface area (Å²) in [7, 11) is -9.94. The number of aliphatic hydroxyl groups is 1. The van der Waals surface area contributed by atoms with E-state index in [-0.39, 0.29) is 25.7 Å². The molecule has 584 valence electrons. The topological polar surface area (TPSA) is 237 Å². The molecule has 5 unspecified atom stereocenters. The second-order valence-corrected chi connectivity index (χ2v) is 30.2. The zero-order valence-electron chi connectivity index (χ0n) is 63.9. The first-order valence-electron chi connectivity index (χ1n) is 40.5. The third kappa shape index (κ3) is 73.1. The SMILES string of the molecule is CC/C=C\C/C=C\C/C=C\CCCCCCCCCC(=O)OCC(COP(=O)(O)OCC(O)COP(=O)(O)OCC(COC(=O)CCCCCCC/C=C\CCCCCCCC)OC(=O)CCCCCCC/C=C\CCCCCC)OC(=O)CCCCCCCCCCCCCCCCC. The van der Waals surface area contributed by atoms with Crippen LogP contribution in [0.2, 0.25) is 0 Å². The molecular formula is C81H148O17P2. The Labute approximate surface area is 610 Å². The first-order valence-corrected chi connectivity index (χ1v) is 43.5. The number of carbonyl (C=O) groups excluding carboxylic acids is 4. The van der Waals surface area contributed by atoms with Gasteiger partial charge in [-0.2, -0.15) is 0 Å². The molecule has 0 aliphatic rings. The van der Waals surface area contributed by atoms with Crippen molar-refractivity contribution < 1.29 is 80.2 Å². The quantitative estimate of drug-likeness (QED) is 0.0169. The predicted octanol–water partition coefficient (Wildman–Crippen LogP) is 23.5. The van der Waals surface area contributed by atoms with Gasteiger partial charge in [-0.05, 0) is 109 Å². The van der Waals surface area contributed by atoms with Crippen LogP contribution in [0.15, 0.2) is 60.8 Å². The van der Waals surface area contributed by atoms with Gasteiger partial charge in [0.05, 0.1) is 26.4 Å². The second kappa shape index (κ2) is 74.0. The molecule has 0 saturated carbocycles. The monoisotopic (exact) mass is 1460 g/mol.